The second-order valence-electron chi connectivity index (χ2n) is 5.18. The highest BCUT2D eigenvalue weighted by atomic mass is 19.1. The summed E-state index contributed by atoms with van der Waals surface area (Å²) in [6.07, 6.45) is 4.31. The third-order valence-electron chi connectivity index (χ3n) is 3.54. The molecule has 1 heterocycles. The first-order valence-electron chi connectivity index (χ1n) is 6.89. The van der Waals surface area contributed by atoms with E-state index < -0.39 is 0 Å². The van der Waals surface area contributed by atoms with Gasteiger partial charge in [0.15, 0.2) is 0 Å². The number of rotatable bonds is 3. The van der Waals surface area contributed by atoms with E-state index in [1.165, 1.54) is 18.6 Å². The first-order chi connectivity index (χ1) is 9.16. The first-order valence-corrected chi connectivity index (χ1v) is 6.89. The van der Waals surface area contributed by atoms with Gasteiger partial charge in [0.2, 0.25) is 5.91 Å². The van der Waals surface area contributed by atoms with Crippen LogP contribution in [0.1, 0.15) is 31.2 Å². The molecular formula is C15H21FN2O. The van der Waals surface area contributed by atoms with Crippen molar-refractivity contribution < 1.29 is 9.18 Å². The van der Waals surface area contributed by atoms with Crippen LogP contribution in [0.4, 0.5) is 4.39 Å². The molecule has 19 heavy (non-hydrogen) atoms. The molecule has 0 aliphatic carbocycles. The summed E-state index contributed by atoms with van der Waals surface area (Å²) in [6, 6.07) is 6.32. The topological polar surface area (TPSA) is 32.3 Å². The second-order valence-corrected chi connectivity index (χ2v) is 5.18. The Morgan fingerprint density at radius 2 is 2.26 bits per heavy atom. The third kappa shape index (κ3) is 4.03. The molecule has 1 aromatic rings. The highest BCUT2D eigenvalue weighted by Crippen LogP contribution is 2.12. The van der Waals surface area contributed by atoms with Gasteiger partial charge >= 0.3 is 0 Å². The van der Waals surface area contributed by atoms with E-state index in [-0.39, 0.29) is 17.8 Å². The van der Waals surface area contributed by atoms with Crippen LogP contribution in [0.25, 0.3) is 0 Å². The molecule has 1 atom stereocenters. The van der Waals surface area contributed by atoms with Crippen LogP contribution in [-0.2, 0) is 11.3 Å². The minimum absolute atomic E-state index is 0.0824. The zero-order valence-corrected chi connectivity index (χ0v) is 11.4. The number of hydrogen-bond donors (Lipinski definition) is 1. The summed E-state index contributed by atoms with van der Waals surface area (Å²) in [4.78, 5) is 14.0. The van der Waals surface area contributed by atoms with Crippen molar-refractivity contribution >= 4 is 5.91 Å². The molecule has 0 spiro atoms. The quantitative estimate of drug-likeness (QED) is 0.908. The summed E-state index contributed by atoms with van der Waals surface area (Å²) < 4.78 is 13.1. The molecule has 104 valence electrons. The Morgan fingerprint density at radius 3 is 3.05 bits per heavy atom. The van der Waals surface area contributed by atoms with E-state index in [1.807, 2.05) is 6.07 Å². The van der Waals surface area contributed by atoms with Gasteiger partial charge in [-0.05, 0) is 37.1 Å². The molecule has 0 bridgehead atoms. The lowest BCUT2D eigenvalue weighted by Crippen LogP contribution is -2.44. The van der Waals surface area contributed by atoms with Crippen molar-refractivity contribution in [1.29, 1.82) is 0 Å². The van der Waals surface area contributed by atoms with Crippen LogP contribution in [0.3, 0.4) is 0 Å². The van der Waals surface area contributed by atoms with Crippen LogP contribution >= 0.6 is 0 Å². The van der Waals surface area contributed by atoms with Crippen LogP contribution in [0.5, 0.6) is 0 Å². The van der Waals surface area contributed by atoms with Crippen molar-refractivity contribution in [1.82, 2.24) is 10.2 Å². The van der Waals surface area contributed by atoms with Gasteiger partial charge in [0.1, 0.15) is 5.82 Å². The Labute approximate surface area is 113 Å². The zero-order valence-electron chi connectivity index (χ0n) is 11.4. The summed E-state index contributed by atoms with van der Waals surface area (Å²) in [6.45, 7) is 1.36. The van der Waals surface area contributed by atoms with Gasteiger partial charge in [0.05, 0.1) is 6.04 Å². The van der Waals surface area contributed by atoms with Crippen molar-refractivity contribution in [3.05, 3.63) is 35.6 Å². The number of carbonyl (C=O) groups excluding carboxylic acids is 1. The predicted octanol–water partition coefficient (Wildman–Crippen LogP) is 2.32. The molecule has 0 aromatic heterocycles. The predicted molar refractivity (Wildman–Crippen MR) is 73.1 cm³/mol. The molecular weight excluding hydrogens is 243 g/mol. The third-order valence-corrected chi connectivity index (χ3v) is 3.54. The number of amides is 1. The van der Waals surface area contributed by atoms with E-state index in [1.54, 1.807) is 18.0 Å². The largest absolute Gasteiger partial charge is 0.340 e. The number of nitrogens with zero attached hydrogens (tertiary/aromatic N) is 1. The smallest absolute Gasteiger partial charge is 0.239 e. The maximum absolute atomic E-state index is 13.1. The van der Waals surface area contributed by atoms with E-state index in [0.717, 1.165) is 31.4 Å². The van der Waals surface area contributed by atoms with Gasteiger partial charge in [-0.3, -0.25) is 4.79 Å². The Balaban J connectivity index is 1.94. The van der Waals surface area contributed by atoms with Crippen LogP contribution in [-0.4, -0.2) is 30.4 Å². The molecule has 4 heteroatoms. The van der Waals surface area contributed by atoms with Crippen LogP contribution in [0, 0.1) is 5.82 Å². The van der Waals surface area contributed by atoms with E-state index in [0.29, 0.717) is 6.54 Å². The van der Waals surface area contributed by atoms with Crippen molar-refractivity contribution in [2.24, 2.45) is 0 Å². The average molecular weight is 264 g/mol. The fraction of sp³-hybridized carbons (Fsp3) is 0.533. The summed E-state index contributed by atoms with van der Waals surface area (Å²) in [5.41, 5.74) is 0.824. The number of likely N-dealkylation sites (N-methyl/N-ethyl adjacent to an activating group) is 1. The fourth-order valence-electron chi connectivity index (χ4n) is 2.49. The maximum Gasteiger partial charge on any atom is 0.239 e. The van der Waals surface area contributed by atoms with Crippen LogP contribution < -0.4 is 5.32 Å². The summed E-state index contributed by atoms with van der Waals surface area (Å²) in [7, 11) is 1.78. The van der Waals surface area contributed by atoms with Gasteiger partial charge in [-0.15, -0.1) is 0 Å². The fourth-order valence-corrected chi connectivity index (χ4v) is 2.49. The van der Waals surface area contributed by atoms with Gasteiger partial charge in [-0.2, -0.15) is 0 Å². The van der Waals surface area contributed by atoms with E-state index in [4.69, 9.17) is 0 Å². The average Bonchev–Trinajstić information content (AvgIpc) is 2.66. The molecule has 1 aliphatic rings. The Kier molecular flexibility index (Phi) is 4.91. The lowest BCUT2D eigenvalue weighted by molar-refractivity contribution is -0.132. The SMILES string of the molecule is CN(Cc1cccc(F)c1)C(=O)C1CCCCCN1. The van der Waals surface area contributed by atoms with Gasteiger partial charge in [0.25, 0.3) is 0 Å². The minimum atomic E-state index is -0.258. The minimum Gasteiger partial charge on any atom is -0.340 e. The normalized spacial score (nSPS) is 19.8. The van der Waals surface area contributed by atoms with E-state index in [2.05, 4.69) is 5.32 Å². The Hall–Kier alpha value is -1.42. The van der Waals surface area contributed by atoms with Crippen molar-refractivity contribution in [3.8, 4) is 0 Å². The monoisotopic (exact) mass is 264 g/mol. The lowest BCUT2D eigenvalue weighted by Gasteiger charge is -2.23. The van der Waals surface area contributed by atoms with Gasteiger partial charge in [-0.1, -0.05) is 25.0 Å². The van der Waals surface area contributed by atoms with Crippen molar-refractivity contribution in [2.45, 2.75) is 38.3 Å². The standard InChI is InChI=1S/C15H21FN2O/c1-18(11-12-6-5-7-13(16)10-12)15(19)14-8-3-2-4-9-17-14/h5-7,10,14,17H,2-4,8-9,11H2,1H3. The van der Waals surface area contributed by atoms with Crippen LogP contribution in [0.2, 0.25) is 0 Å². The number of halogens is 1. The maximum atomic E-state index is 13.1. The molecule has 0 radical (unpaired) electrons. The molecule has 3 nitrogen and oxygen atoms in total. The second kappa shape index (κ2) is 6.66. The number of benzene rings is 1. The van der Waals surface area contributed by atoms with Crippen molar-refractivity contribution in [3.63, 3.8) is 0 Å². The zero-order chi connectivity index (χ0) is 13.7. The molecule has 1 N–H and O–H groups in total. The molecule has 1 amide bonds. The molecule has 1 aromatic carbocycles. The first kappa shape index (κ1) is 14.0. The van der Waals surface area contributed by atoms with Crippen molar-refractivity contribution in [2.75, 3.05) is 13.6 Å². The molecule has 2 rings (SSSR count). The highest BCUT2D eigenvalue weighted by molar-refractivity contribution is 5.81. The number of hydrogen-bond acceptors (Lipinski definition) is 2. The molecule has 1 saturated heterocycles. The lowest BCUT2D eigenvalue weighted by atomic mass is 10.1. The highest BCUT2D eigenvalue weighted by Gasteiger charge is 2.22. The molecule has 1 aliphatic heterocycles. The van der Waals surface area contributed by atoms with E-state index >= 15 is 0 Å². The number of carbonyl (C=O) groups is 1. The van der Waals surface area contributed by atoms with Crippen LogP contribution in [0.15, 0.2) is 24.3 Å². The molecule has 1 unspecified atom stereocenters. The summed E-state index contributed by atoms with van der Waals surface area (Å²) >= 11 is 0. The van der Waals surface area contributed by atoms with Gasteiger partial charge < -0.3 is 10.2 Å². The van der Waals surface area contributed by atoms with Gasteiger partial charge in [-0.25, -0.2) is 4.39 Å². The summed E-state index contributed by atoms with van der Waals surface area (Å²) in [5, 5.41) is 3.29. The molecule has 0 saturated carbocycles. The molecule has 1 fully saturated rings. The van der Waals surface area contributed by atoms with E-state index in [9.17, 15) is 9.18 Å². The number of nitrogens with one attached hydrogen (secondary N) is 1. The Bertz CT molecular complexity index is 428. The Morgan fingerprint density at radius 1 is 1.42 bits per heavy atom. The summed E-state index contributed by atoms with van der Waals surface area (Å²) in [5.74, 6) is -0.155. The van der Waals surface area contributed by atoms with Gasteiger partial charge in [0, 0.05) is 13.6 Å².